The fraction of sp³-hybridized carbons (Fsp3) is 0.238. The van der Waals surface area contributed by atoms with Crippen LogP contribution in [0.15, 0.2) is 48.5 Å². The van der Waals surface area contributed by atoms with Crippen molar-refractivity contribution in [3.8, 4) is 5.75 Å². The first-order valence-electron chi connectivity index (χ1n) is 8.71. The second-order valence-corrected chi connectivity index (χ2v) is 6.69. The van der Waals surface area contributed by atoms with E-state index in [9.17, 15) is 19.8 Å². The number of hydrogen-bond donors (Lipinski definition) is 2. The summed E-state index contributed by atoms with van der Waals surface area (Å²) in [5.74, 6) is -3.00. The Kier molecular flexibility index (Phi) is 3.73. The molecule has 0 aliphatic carbocycles. The first-order chi connectivity index (χ1) is 13.0. The molecule has 0 radical (unpaired) electrons. The fourth-order valence-electron chi connectivity index (χ4n) is 4.35. The van der Waals surface area contributed by atoms with E-state index in [1.807, 2.05) is 19.1 Å². The van der Waals surface area contributed by atoms with E-state index in [0.717, 1.165) is 17.5 Å². The SMILES string of the molecule is CCc1cc2n3c(cccc13)C(C(=O)O)C2(C(=O)O)c1ccc(OC)cc1. The Morgan fingerprint density at radius 2 is 1.85 bits per heavy atom. The second kappa shape index (κ2) is 5.87. The van der Waals surface area contributed by atoms with Crippen LogP contribution in [0.2, 0.25) is 0 Å². The van der Waals surface area contributed by atoms with Gasteiger partial charge in [-0.1, -0.05) is 25.1 Å². The predicted molar refractivity (Wildman–Crippen MR) is 98.6 cm³/mol. The maximum absolute atomic E-state index is 12.7. The van der Waals surface area contributed by atoms with E-state index in [2.05, 4.69) is 0 Å². The lowest BCUT2D eigenvalue weighted by Gasteiger charge is -2.30. The van der Waals surface area contributed by atoms with Crippen molar-refractivity contribution in [2.75, 3.05) is 7.11 Å². The molecule has 1 aliphatic rings. The summed E-state index contributed by atoms with van der Waals surface area (Å²) >= 11 is 0. The summed E-state index contributed by atoms with van der Waals surface area (Å²) in [7, 11) is 1.53. The van der Waals surface area contributed by atoms with Gasteiger partial charge in [0.05, 0.1) is 7.11 Å². The lowest BCUT2D eigenvalue weighted by molar-refractivity contribution is -0.150. The molecule has 0 saturated carbocycles. The number of carboxylic acid groups (broad SMARTS) is 2. The van der Waals surface area contributed by atoms with Gasteiger partial charge >= 0.3 is 11.9 Å². The van der Waals surface area contributed by atoms with Crippen LogP contribution in [0.4, 0.5) is 0 Å². The first-order valence-corrected chi connectivity index (χ1v) is 8.71. The van der Waals surface area contributed by atoms with Crippen molar-refractivity contribution >= 4 is 17.5 Å². The summed E-state index contributed by atoms with van der Waals surface area (Å²) < 4.78 is 6.97. The number of aromatic nitrogens is 1. The number of aliphatic carboxylic acids is 2. The molecule has 6 heteroatoms. The number of methoxy groups -OCH3 is 1. The average molecular weight is 365 g/mol. The van der Waals surface area contributed by atoms with E-state index in [4.69, 9.17) is 4.74 Å². The lowest BCUT2D eigenvalue weighted by Crippen LogP contribution is -2.43. The molecule has 2 unspecified atom stereocenters. The van der Waals surface area contributed by atoms with E-state index in [1.54, 1.807) is 40.8 Å². The second-order valence-electron chi connectivity index (χ2n) is 6.69. The van der Waals surface area contributed by atoms with Gasteiger partial charge in [0.25, 0.3) is 0 Å². The molecule has 138 valence electrons. The Bertz CT molecular complexity index is 1070. The van der Waals surface area contributed by atoms with Gasteiger partial charge in [-0.15, -0.1) is 0 Å². The van der Waals surface area contributed by atoms with Crippen molar-refractivity contribution in [3.63, 3.8) is 0 Å². The molecule has 3 heterocycles. The van der Waals surface area contributed by atoms with Crippen molar-refractivity contribution in [1.82, 2.24) is 4.40 Å². The minimum Gasteiger partial charge on any atom is -0.497 e. The summed E-state index contributed by atoms with van der Waals surface area (Å²) in [5.41, 5.74) is 1.52. The molecule has 0 spiro atoms. The Labute approximate surface area is 155 Å². The third-order valence-corrected chi connectivity index (χ3v) is 5.54. The molecule has 3 aromatic rings. The van der Waals surface area contributed by atoms with Crippen molar-refractivity contribution in [1.29, 1.82) is 0 Å². The minimum absolute atomic E-state index is 0.418. The largest absolute Gasteiger partial charge is 0.497 e. The molecular formula is C21H19NO5. The molecule has 2 aromatic heterocycles. The molecule has 0 amide bonds. The molecule has 4 rings (SSSR count). The van der Waals surface area contributed by atoms with Crippen molar-refractivity contribution in [2.45, 2.75) is 24.7 Å². The van der Waals surface area contributed by atoms with Gasteiger partial charge in [0.15, 0.2) is 5.41 Å². The van der Waals surface area contributed by atoms with Gasteiger partial charge in [0.1, 0.15) is 11.7 Å². The lowest BCUT2D eigenvalue weighted by atomic mass is 9.68. The summed E-state index contributed by atoms with van der Waals surface area (Å²) in [6.45, 7) is 2.00. The van der Waals surface area contributed by atoms with Crippen LogP contribution in [-0.4, -0.2) is 33.7 Å². The third-order valence-electron chi connectivity index (χ3n) is 5.54. The summed E-state index contributed by atoms with van der Waals surface area (Å²) in [5, 5.41) is 20.4. The molecule has 0 bridgehead atoms. The Morgan fingerprint density at radius 3 is 2.41 bits per heavy atom. The average Bonchev–Trinajstić information content (AvgIpc) is 3.19. The number of ether oxygens (including phenoxy) is 1. The molecule has 27 heavy (non-hydrogen) atoms. The Morgan fingerprint density at radius 1 is 1.15 bits per heavy atom. The van der Waals surface area contributed by atoms with Gasteiger partial charge in [0, 0.05) is 16.9 Å². The summed E-state index contributed by atoms with van der Waals surface area (Å²) in [6.07, 6.45) is 0.725. The highest BCUT2D eigenvalue weighted by Crippen LogP contribution is 2.51. The zero-order valence-corrected chi connectivity index (χ0v) is 15.0. The van der Waals surface area contributed by atoms with E-state index in [1.165, 1.54) is 7.11 Å². The zero-order chi connectivity index (χ0) is 19.3. The monoisotopic (exact) mass is 365 g/mol. The van der Waals surface area contributed by atoms with Crippen LogP contribution in [0.5, 0.6) is 5.75 Å². The van der Waals surface area contributed by atoms with E-state index in [-0.39, 0.29) is 0 Å². The van der Waals surface area contributed by atoms with Crippen LogP contribution in [0.25, 0.3) is 5.52 Å². The van der Waals surface area contributed by atoms with Crippen LogP contribution in [-0.2, 0) is 21.4 Å². The number of carboxylic acids is 2. The van der Waals surface area contributed by atoms with Gasteiger partial charge in [-0.25, -0.2) is 0 Å². The van der Waals surface area contributed by atoms with E-state index in [0.29, 0.717) is 22.7 Å². The number of aryl methyl sites for hydroxylation is 1. The van der Waals surface area contributed by atoms with Crippen LogP contribution < -0.4 is 4.74 Å². The number of pyridine rings is 1. The maximum atomic E-state index is 12.7. The normalized spacial score (nSPS) is 20.7. The van der Waals surface area contributed by atoms with Crippen LogP contribution in [0.1, 0.15) is 35.4 Å². The highest BCUT2D eigenvalue weighted by molar-refractivity contribution is 5.97. The molecule has 2 atom stereocenters. The third kappa shape index (κ3) is 2.07. The van der Waals surface area contributed by atoms with Crippen molar-refractivity contribution in [2.24, 2.45) is 0 Å². The highest BCUT2D eigenvalue weighted by Gasteiger charge is 2.59. The Hall–Kier alpha value is -3.28. The molecule has 0 saturated heterocycles. The quantitative estimate of drug-likeness (QED) is 0.725. The number of nitrogens with zero attached hydrogens (tertiary/aromatic N) is 1. The fourth-order valence-corrected chi connectivity index (χ4v) is 4.35. The van der Waals surface area contributed by atoms with Gasteiger partial charge in [-0.05, 0) is 47.9 Å². The van der Waals surface area contributed by atoms with Crippen LogP contribution in [0.3, 0.4) is 0 Å². The molecule has 1 aliphatic heterocycles. The van der Waals surface area contributed by atoms with E-state index < -0.39 is 23.3 Å². The number of benzene rings is 1. The molecular weight excluding hydrogens is 346 g/mol. The summed E-state index contributed by atoms with van der Waals surface area (Å²) in [6, 6.07) is 13.8. The number of hydrogen-bond acceptors (Lipinski definition) is 3. The van der Waals surface area contributed by atoms with Gasteiger partial charge in [-0.3, -0.25) is 9.59 Å². The maximum Gasteiger partial charge on any atom is 0.321 e. The van der Waals surface area contributed by atoms with Crippen molar-refractivity contribution in [3.05, 3.63) is 71.0 Å². The molecule has 0 fully saturated rings. The zero-order valence-electron chi connectivity index (χ0n) is 15.0. The van der Waals surface area contributed by atoms with Crippen molar-refractivity contribution < 1.29 is 24.5 Å². The van der Waals surface area contributed by atoms with Gasteiger partial charge < -0.3 is 19.4 Å². The first kappa shape index (κ1) is 17.1. The Balaban J connectivity index is 2.12. The van der Waals surface area contributed by atoms with Gasteiger partial charge in [0.2, 0.25) is 0 Å². The van der Waals surface area contributed by atoms with Crippen LogP contribution in [0, 0.1) is 0 Å². The number of rotatable bonds is 5. The highest BCUT2D eigenvalue weighted by atomic mass is 16.5. The smallest absolute Gasteiger partial charge is 0.321 e. The molecule has 2 N–H and O–H groups in total. The van der Waals surface area contributed by atoms with Crippen LogP contribution >= 0.6 is 0 Å². The van der Waals surface area contributed by atoms with E-state index >= 15 is 0 Å². The molecule has 1 aromatic carbocycles. The number of carbonyl (C=O) groups is 2. The minimum atomic E-state index is -1.71. The predicted octanol–water partition coefficient (Wildman–Crippen LogP) is 3.06. The van der Waals surface area contributed by atoms with Gasteiger partial charge in [-0.2, -0.15) is 0 Å². The summed E-state index contributed by atoms with van der Waals surface area (Å²) in [4.78, 5) is 25.0. The topological polar surface area (TPSA) is 88.2 Å². The standard InChI is InChI=1S/C21H19NO5/c1-3-12-11-17-21(20(25)26,13-7-9-14(27-2)10-8-13)18(19(23)24)16-6-4-5-15(12)22(16)17/h4-11,18H,3H2,1-2H3,(H,23,24)(H,25,26). The molecule has 6 nitrogen and oxygen atoms in total.